The number of fused-ring (bicyclic) bond motifs is 5. The van der Waals surface area contributed by atoms with E-state index in [0.717, 1.165) is 55.3 Å². The zero-order valence-electron chi connectivity index (χ0n) is 33.7. The molecular weight excluding hydrogens is 646 g/mol. The van der Waals surface area contributed by atoms with Crippen LogP contribution in [0.5, 0.6) is 0 Å². The summed E-state index contributed by atoms with van der Waals surface area (Å²) in [6, 6.07) is 0. The molecule has 0 saturated heterocycles. The first kappa shape index (κ1) is 44.2. The highest BCUT2D eigenvalue weighted by Crippen LogP contribution is 2.67. The number of amides is 1. The average Bonchev–Trinajstić information content (AvgIpc) is 3.48. The Morgan fingerprint density at radius 3 is 2.25 bits per heavy atom. The lowest BCUT2D eigenvalue weighted by Gasteiger charge is -2.58. The lowest BCUT2D eigenvalue weighted by molar-refractivity contribution is -0.0581. The second kappa shape index (κ2) is 23.5. The first-order chi connectivity index (χ1) is 24.7. The lowest BCUT2D eigenvalue weighted by Crippen LogP contribution is -2.51. The molecule has 4 aliphatic rings. The Bertz CT molecular complexity index is 994. The molecule has 51 heavy (non-hydrogen) atoms. The molecule has 0 heterocycles. The summed E-state index contributed by atoms with van der Waals surface area (Å²) in [5, 5.41) is 12.4. The molecule has 2 N–H and O–H groups in total. The number of rotatable bonds is 23. The summed E-state index contributed by atoms with van der Waals surface area (Å²) in [5.41, 5.74) is 2.36. The summed E-state index contributed by atoms with van der Waals surface area (Å²) >= 11 is 0. The van der Waals surface area contributed by atoms with Gasteiger partial charge >= 0.3 is 6.09 Å². The number of carbonyl (C=O) groups is 1. The quantitative estimate of drug-likeness (QED) is 0.0801. The van der Waals surface area contributed by atoms with Gasteiger partial charge in [0.05, 0.1) is 52.9 Å². The molecule has 9 nitrogen and oxygen atoms in total. The van der Waals surface area contributed by atoms with E-state index in [1.54, 1.807) is 12.7 Å². The number of ether oxygens (including phenoxy) is 6. The Balaban J connectivity index is 0.00000345. The molecule has 0 aliphatic heterocycles. The molecule has 3 saturated carbocycles. The van der Waals surface area contributed by atoms with Crippen molar-refractivity contribution < 1.29 is 38.3 Å². The molecule has 9 heteroatoms. The van der Waals surface area contributed by atoms with Crippen LogP contribution >= 0.6 is 0 Å². The van der Waals surface area contributed by atoms with Gasteiger partial charge in [0.1, 0.15) is 12.2 Å². The van der Waals surface area contributed by atoms with Crippen LogP contribution in [0.15, 0.2) is 11.6 Å². The van der Waals surface area contributed by atoms with Crippen molar-refractivity contribution in [3.8, 4) is 0 Å². The maximum absolute atomic E-state index is 12.6. The number of unbranched alkanes of at least 4 members (excludes halogenated alkanes) is 2. The van der Waals surface area contributed by atoms with E-state index < -0.39 is 6.10 Å². The summed E-state index contributed by atoms with van der Waals surface area (Å²) < 4.78 is 32.7. The van der Waals surface area contributed by atoms with Gasteiger partial charge in [0.15, 0.2) is 0 Å². The number of alkyl carbamates (subject to hydrolysis) is 1. The first-order valence-electron chi connectivity index (χ1n) is 20.8. The third kappa shape index (κ3) is 12.9. The Labute approximate surface area is 311 Å². The van der Waals surface area contributed by atoms with Gasteiger partial charge in [-0.15, -0.1) is 0 Å². The van der Waals surface area contributed by atoms with Gasteiger partial charge in [0.2, 0.25) is 0 Å². The normalized spacial score (nSPS) is 30.9. The Hall–Kier alpha value is -1.23. The number of aliphatic hydroxyl groups is 1. The number of hydrogen-bond acceptors (Lipinski definition) is 8. The number of hydrogen-bond donors (Lipinski definition) is 2. The third-order valence-corrected chi connectivity index (χ3v) is 12.9. The summed E-state index contributed by atoms with van der Waals surface area (Å²) in [6.07, 6.45) is 17.8. The highest BCUT2D eigenvalue weighted by molar-refractivity contribution is 5.67. The maximum Gasteiger partial charge on any atom is 0.407 e. The van der Waals surface area contributed by atoms with Crippen molar-refractivity contribution in [2.24, 2.45) is 40.4 Å². The zero-order chi connectivity index (χ0) is 37.1. The lowest BCUT2D eigenvalue weighted by atomic mass is 9.47. The molecule has 3 fully saturated rings. The first-order valence-corrected chi connectivity index (χ1v) is 20.8. The smallest absolute Gasteiger partial charge is 0.407 e. The number of aliphatic hydroxyl groups excluding tert-OH is 1. The van der Waals surface area contributed by atoms with Crippen molar-refractivity contribution in [1.82, 2.24) is 5.32 Å². The number of methoxy groups -OCH3 is 1. The molecule has 0 aromatic heterocycles. The van der Waals surface area contributed by atoms with E-state index >= 15 is 0 Å². The molecule has 4 aliphatic carbocycles. The van der Waals surface area contributed by atoms with Crippen LogP contribution in [0.25, 0.3) is 0 Å². The molecule has 0 bridgehead atoms. The van der Waals surface area contributed by atoms with Crippen molar-refractivity contribution in [1.29, 1.82) is 0 Å². The topological polar surface area (TPSA) is 105 Å². The van der Waals surface area contributed by atoms with E-state index in [2.05, 4.69) is 39.1 Å². The Morgan fingerprint density at radius 1 is 0.882 bits per heavy atom. The molecular formula is C42H77NO8. The van der Waals surface area contributed by atoms with Crippen LogP contribution in [-0.2, 0) is 28.4 Å². The average molecular weight is 724 g/mol. The highest BCUT2D eigenvalue weighted by Gasteiger charge is 2.59. The molecule has 9 unspecified atom stereocenters. The maximum atomic E-state index is 12.6. The van der Waals surface area contributed by atoms with Crippen LogP contribution in [0, 0.1) is 40.4 Å². The van der Waals surface area contributed by atoms with Crippen LogP contribution in [0.1, 0.15) is 125 Å². The number of carbonyl (C=O) groups excluding carboxylic acids is 1. The standard InChI is InChI=1S/C40H71NO8.C2H6/c1-6-7-8-10-30(2)35-13-14-36-34-12-11-31-27-33(15-17-39(31,3)37(34)16-18-40(35,36)4)49-38(43)41-19-9-20-45-21-22-46-23-24-47-25-26-48-29-32(42)28-44-5;1-2/h11,30,32-37,42H,6-10,12-29H2,1-5H3,(H,41,43);1-2H3. The van der Waals surface area contributed by atoms with Crippen LogP contribution in [0.2, 0.25) is 0 Å². The predicted molar refractivity (Wildman–Crippen MR) is 204 cm³/mol. The molecule has 298 valence electrons. The van der Waals surface area contributed by atoms with Crippen LogP contribution < -0.4 is 5.32 Å². The van der Waals surface area contributed by atoms with Gasteiger partial charge in [-0.1, -0.05) is 78.9 Å². The van der Waals surface area contributed by atoms with Crippen LogP contribution in [0.4, 0.5) is 4.79 Å². The van der Waals surface area contributed by atoms with Crippen molar-refractivity contribution in [3.63, 3.8) is 0 Å². The van der Waals surface area contributed by atoms with Crippen molar-refractivity contribution in [2.75, 3.05) is 73.1 Å². The second-order valence-electron chi connectivity index (χ2n) is 16.0. The van der Waals surface area contributed by atoms with Gasteiger partial charge in [-0.2, -0.15) is 0 Å². The van der Waals surface area contributed by atoms with Crippen LogP contribution in [-0.4, -0.2) is 96.5 Å². The fourth-order valence-electron chi connectivity index (χ4n) is 10.3. The molecule has 0 radical (unpaired) electrons. The van der Waals surface area contributed by atoms with Crippen LogP contribution in [0.3, 0.4) is 0 Å². The monoisotopic (exact) mass is 724 g/mol. The third-order valence-electron chi connectivity index (χ3n) is 12.9. The molecule has 9 atom stereocenters. The van der Waals surface area contributed by atoms with Crippen molar-refractivity contribution >= 4 is 6.09 Å². The summed E-state index contributed by atoms with van der Waals surface area (Å²) in [6.45, 7) is 18.5. The minimum atomic E-state index is -0.609. The Kier molecular flexibility index (Phi) is 20.4. The molecule has 0 spiro atoms. The fraction of sp³-hybridized carbons (Fsp3) is 0.929. The second-order valence-corrected chi connectivity index (χ2v) is 16.0. The number of nitrogens with one attached hydrogen (secondary N) is 1. The van der Waals surface area contributed by atoms with Gasteiger partial charge in [0, 0.05) is 26.7 Å². The minimum absolute atomic E-state index is 0.0248. The summed E-state index contributed by atoms with van der Waals surface area (Å²) in [5.74, 6) is 4.25. The zero-order valence-corrected chi connectivity index (χ0v) is 33.7. The van der Waals surface area contributed by atoms with Gasteiger partial charge in [0.25, 0.3) is 0 Å². The number of allylic oxidation sites excluding steroid dienone is 1. The fourth-order valence-corrected chi connectivity index (χ4v) is 10.3. The van der Waals surface area contributed by atoms with Gasteiger partial charge in [-0.3, -0.25) is 0 Å². The van der Waals surface area contributed by atoms with Gasteiger partial charge in [-0.05, 0) is 91.8 Å². The minimum Gasteiger partial charge on any atom is -0.446 e. The summed E-state index contributed by atoms with van der Waals surface area (Å²) in [4.78, 5) is 12.6. The van der Waals surface area contributed by atoms with Gasteiger partial charge < -0.3 is 38.8 Å². The molecule has 4 rings (SSSR count). The van der Waals surface area contributed by atoms with E-state index in [1.807, 2.05) is 13.8 Å². The molecule has 0 aromatic carbocycles. The van der Waals surface area contributed by atoms with E-state index in [1.165, 1.54) is 57.8 Å². The van der Waals surface area contributed by atoms with E-state index in [9.17, 15) is 9.90 Å². The summed E-state index contributed by atoms with van der Waals surface area (Å²) in [7, 11) is 1.54. The highest BCUT2D eigenvalue weighted by atomic mass is 16.6. The largest absolute Gasteiger partial charge is 0.446 e. The van der Waals surface area contributed by atoms with E-state index in [-0.39, 0.29) is 30.8 Å². The van der Waals surface area contributed by atoms with Crippen molar-refractivity contribution in [2.45, 2.75) is 137 Å². The van der Waals surface area contributed by atoms with Crippen molar-refractivity contribution in [3.05, 3.63) is 11.6 Å². The van der Waals surface area contributed by atoms with E-state index in [0.29, 0.717) is 58.2 Å². The van der Waals surface area contributed by atoms with E-state index in [4.69, 9.17) is 28.4 Å². The SMILES string of the molecule is CC.CCCCCC(C)C1CCC2C3CC=C4CC(OC(=O)NCCCOCCOCCOCCOCC(O)COC)CCC4(C)C3CCC12C. The van der Waals surface area contributed by atoms with Gasteiger partial charge in [-0.25, -0.2) is 4.79 Å². The molecule has 0 aromatic rings. The predicted octanol–water partition coefficient (Wildman–Crippen LogP) is 8.37. The Morgan fingerprint density at radius 2 is 1.57 bits per heavy atom. The molecule has 1 amide bonds.